The summed E-state index contributed by atoms with van der Waals surface area (Å²) in [7, 11) is 0. The summed E-state index contributed by atoms with van der Waals surface area (Å²) in [6.45, 7) is 2.19. The van der Waals surface area contributed by atoms with Crippen molar-refractivity contribution in [2.24, 2.45) is 0 Å². The standard InChI is InChI=1S/C16H14FN3O/c1-10-8-11(17)6-7-13(10)18-9-15-19-14-5-3-2-4-12(14)16(21)20-15/h2-8,18H,9H2,1H3,(H,19,20,21). The van der Waals surface area contributed by atoms with Crippen LogP contribution in [0.4, 0.5) is 10.1 Å². The van der Waals surface area contributed by atoms with Crippen molar-refractivity contribution in [3.8, 4) is 0 Å². The Bertz CT molecular complexity index is 858. The Morgan fingerprint density at radius 3 is 2.86 bits per heavy atom. The van der Waals surface area contributed by atoms with Gasteiger partial charge in [-0.1, -0.05) is 12.1 Å². The predicted molar refractivity (Wildman–Crippen MR) is 80.8 cm³/mol. The Labute approximate surface area is 120 Å². The molecule has 5 heteroatoms. The van der Waals surface area contributed by atoms with E-state index in [1.807, 2.05) is 13.0 Å². The lowest BCUT2D eigenvalue weighted by atomic mass is 10.2. The van der Waals surface area contributed by atoms with Crippen LogP contribution in [0.15, 0.2) is 47.3 Å². The van der Waals surface area contributed by atoms with Gasteiger partial charge >= 0.3 is 0 Å². The summed E-state index contributed by atoms with van der Waals surface area (Å²) in [4.78, 5) is 19.1. The maximum Gasteiger partial charge on any atom is 0.258 e. The molecule has 0 radical (unpaired) electrons. The van der Waals surface area contributed by atoms with E-state index in [9.17, 15) is 9.18 Å². The molecular formula is C16H14FN3O. The first-order chi connectivity index (χ1) is 10.1. The van der Waals surface area contributed by atoms with E-state index in [1.54, 1.807) is 24.3 Å². The fourth-order valence-electron chi connectivity index (χ4n) is 2.22. The van der Waals surface area contributed by atoms with E-state index < -0.39 is 0 Å². The number of rotatable bonds is 3. The minimum Gasteiger partial charge on any atom is -0.378 e. The van der Waals surface area contributed by atoms with Gasteiger partial charge in [0, 0.05) is 5.69 Å². The third kappa shape index (κ3) is 2.76. The highest BCUT2D eigenvalue weighted by atomic mass is 19.1. The summed E-state index contributed by atoms with van der Waals surface area (Å²) in [6, 6.07) is 11.7. The van der Waals surface area contributed by atoms with Gasteiger partial charge in [0.05, 0.1) is 17.4 Å². The first kappa shape index (κ1) is 13.3. The number of nitrogens with one attached hydrogen (secondary N) is 2. The Morgan fingerprint density at radius 1 is 1.24 bits per heavy atom. The Morgan fingerprint density at radius 2 is 2.05 bits per heavy atom. The number of aromatic amines is 1. The summed E-state index contributed by atoms with van der Waals surface area (Å²) >= 11 is 0. The zero-order chi connectivity index (χ0) is 14.8. The summed E-state index contributed by atoms with van der Waals surface area (Å²) in [5, 5.41) is 3.72. The SMILES string of the molecule is Cc1cc(F)ccc1NCc1nc2ccccc2c(=O)[nH]1. The number of aromatic nitrogens is 2. The average Bonchev–Trinajstić information content (AvgIpc) is 2.46. The highest BCUT2D eigenvalue weighted by Gasteiger charge is 2.04. The number of para-hydroxylation sites is 1. The van der Waals surface area contributed by atoms with E-state index in [-0.39, 0.29) is 11.4 Å². The van der Waals surface area contributed by atoms with Crippen molar-refractivity contribution in [2.45, 2.75) is 13.5 Å². The molecule has 0 fully saturated rings. The van der Waals surface area contributed by atoms with Crippen LogP contribution in [0.25, 0.3) is 10.9 Å². The van der Waals surface area contributed by atoms with Crippen LogP contribution in [0.3, 0.4) is 0 Å². The van der Waals surface area contributed by atoms with Crippen LogP contribution in [0.1, 0.15) is 11.4 Å². The molecule has 0 aliphatic heterocycles. The normalized spacial score (nSPS) is 10.8. The zero-order valence-electron chi connectivity index (χ0n) is 11.5. The van der Waals surface area contributed by atoms with Gasteiger partial charge < -0.3 is 10.3 Å². The molecule has 0 atom stereocenters. The Balaban J connectivity index is 1.87. The van der Waals surface area contributed by atoms with E-state index in [0.29, 0.717) is 23.3 Å². The summed E-state index contributed by atoms with van der Waals surface area (Å²) < 4.78 is 13.1. The number of halogens is 1. The van der Waals surface area contributed by atoms with Gasteiger partial charge in [-0.05, 0) is 42.8 Å². The molecule has 0 bridgehead atoms. The molecule has 1 heterocycles. The van der Waals surface area contributed by atoms with Crippen LogP contribution in [0.5, 0.6) is 0 Å². The van der Waals surface area contributed by atoms with Crippen LogP contribution in [0, 0.1) is 12.7 Å². The average molecular weight is 283 g/mol. The highest BCUT2D eigenvalue weighted by molar-refractivity contribution is 5.77. The van der Waals surface area contributed by atoms with Gasteiger partial charge in [0.15, 0.2) is 0 Å². The molecule has 0 saturated heterocycles. The fourth-order valence-corrected chi connectivity index (χ4v) is 2.22. The topological polar surface area (TPSA) is 57.8 Å². The molecule has 1 aromatic heterocycles. The molecule has 0 spiro atoms. The van der Waals surface area contributed by atoms with Crippen molar-refractivity contribution in [3.63, 3.8) is 0 Å². The minimum absolute atomic E-state index is 0.159. The van der Waals surface area contributed by atoms with Gasteiger partial charge in [0.1, 0.15) is 11.6 Å². The third-order valence-electron chi connectivity index (χ3n) is 3.30. The Kier molecular flexibility index (Phi) is 3.39. The summed E-state index contributed by atoms with van der Waals surface area (Å²) in [5.41, 5.74) is 2.12. The molecule has 3 aromatic rings. The van der Waals surface area contributed by atoms with E-state index in [1.165, 1.54) is 12.1 Å². The zero-order valence-corrected chi connectivity index (χ0v) is 11.5. The van der Waals surface area contributed by atoms with Crippen molar-refractivity contribution < 1.29 is 4.39 Å². The molecule has 2 N–H and O–H groups in total. The number of aryl methyl sites for hydroxylation is 1. The van der Waals surface area contributed by atoms with Crippen molar-refractivity contribution in [2.75, 3.05) is 5.32 Å². The number of hydrogen-bond acceptors (Lipinski definition) is 3. The quantitative estimate of drug-likeness (QED) is 0.777. The number of benzene rings is 2. The minimum atomic E-state index is -0.268. The third-order valence-corrected chi connectivity index (χ3v) is 3.30. The lowest BCUT2D eigenvalue weighted by Crippen LogP contribution is -2.14. The maximum atomic E-state index is 13.1. The van der Waals surface area contributed by atoms with Crippen LogP contribution >= 0.6 is 0 Å². The molecule has 0 aliphatic carbocycles. The number of H-pyrrole nitrogens is 1. The summed E-state index contributed by atoms with van der Waals surface area (Å²) in [6.07, 6.45) is 0. The molecule has 0 saturated carbocycles. The lowest BCUT2D eigenvalue weighted by molar-refractivity contribution is 0.627. The van der Waals surface area contributed by atoms with Crippen LogP contribution in [-0.2, 0) is 6.54 Å². The van der Waals surface area contributed by atoms with Gasteiger partial charge in [-0.15, -0.1) is 0 Å². The highest BCUT2D eigenvalue weighted by Crippen LogP contribution is 2.16. The number of anilines is 1. The maximum absolute atomic E-state index is 13.1. The molecular weight excluding hydrogens is 269 g/mol. The summed E-state index contributed by atoms with van der Waals surface area (Å²) in [5.74, 6) is 0.276. The monoisotopic (exact) mass is 283 g/mol. The molecule has 21 heavy (non-hydrogen) atoms. The van der Waals surface area contributed by atoms with E-state index in [0.717, 1.165) is 11.3 Å². The first-order valence-corrected chi connectivity index (χ1v) is 6.61. The van der Waals surface area contributed by atoms with E-state index in [2.05, 4.69) is 15.3 Å². The largest absolute Gasteiger partial charge is 0.378 e. The van der Waals surface area contributed by atoms with Crippen molar-refractivity contribution >= 4 is 16.6 Å². The van der Waals surface area contributed by atoms with Crippen molar-refractivity contribution in [3.05, 3.63) is 70.0 Å². The van der Waals surface area contributed by atoms with Gasteiger partial charge in [-0.25, -0.2) is 9.37 Å². The van der Waals surface area contributed by atoms with Crippen LogP contribution < -0.4 is 10.9 Å². The Hall–Kier alpha value is -2.69. The van der Waals surface area contributed by atoms with Gasteiger partial charge in [0.2, 0.25) is 0 Å². The van der Waals surface area contributed by atoms with Gasteiger partial charge in [0.25, 0.3) is 5.56 Å². The molecule has 0 aliphatic rings. The second-order valence-electron chi connectivity index (χ2n) is 4.84. The molecule has 0 unspecified atom stereocenters. The lowest BCUT2D eigenvalue weighted by Gasteiger charge is -2.09. The smallest absolute Gasteiger partial charge is 0.258 e. The van der Waals surface area contributed by atoms with E-state index in [4.69, 9.17) is 0 Å². The van der Waals surface area contributed by atoms with E-state index >= 15 is 0 Å². The van der Waals surface area contributed by atoms with Crippen LogP contribution in [0.2, 0.25) is 0 Å². The second kappa shape index (κ2) is 5.36. The molecule has 3 rings (SSSR count). The van der Waals surface area contributed by atoms with Gasteiger partial charge in [-0.2, -0.15) is 0 Å². The molecule has 106 valence electrons. The van der Waals surface area contributed by atoms with Crippen molar-refractivity contribution in [1.29, 1.82) is 0 Å². The predicted octanol–water partition coefficient (Wildman–Crippen LogP) is 2.98. The second-order valence-corrected chi connectivity index (χ2v) is 4.84. The first-order valence-electron chi connectivity index (χ1n) is 6.61. The van der Waals surface area contributed by atoms with Crippen LogP contribution in [-0.4, -0.2) is 9.97 Å². The number of nitrogens with zero attached hydrogens (tertiary/aromatic N) is 1. The molecule has 4 nitrogen and oxygen atoms in total. The fraction of sp³-hybridized carbons (Fsp3) is 0.125. The van der Waals surface area contributed by atoms with Gasteiger partial charge in [-0.3, -0.25) is 4.79 Å². The van der Waals surface area contributed by atoms with Crippen molar-refractivity contribution in [1.82, 2.24) is 9.97 Å². The molecule has 0 amide bonds. The number of hydrogen-bond donors (Lipinski definition) is 2. The molecule has 2 aromatic carbocycles. The number of fused-ring (bicyclic) bond motifs is 1.